The highest BCUT2D eigenvalue weighted by atomic mass is 15.2. The van der Waals surface area contributed by atoms with Crippen LogP contribution in [0, 0.1) is 11.3 Å². The van der Waals surface area contributed by atoms with Crippen LogP contribution in [-0.2, 0) is 0 Å². The average molecular weight is 150 g/mol. The van der Waals surface area contributed by atoms with Crippen molar-refractivity contribution in [1.29, 1.82) is 5.26 Å². The standard InChI is InChI=1S/C9H14N2/c10-7-9-5-4-8-3-1-2-6-11(8)9/h8-9H,1-6H2. The van der Waals surface area contributed by atoms with E-state index in [4.69, 9.17) is 5.26 Å². The molecule has 2 saturated heterocycles. The van der Waals surface area contributed by atoms with Crippen LogP contribution >= 0.6 is 0 Å². The summed E-state index contributed by atoms with van der Waals surface area (Å²) in [6, 6.07) is 3.40. The van der Waals surface area contributed by atoms with Gasteiger partial charge in [-0.05, 0) is 32.2 Å². The summed E-state index contributed by atoms with van der Waals surface area (Å²) < 4.78 is 0. The number of nitrogens with zero attached hydrogens (tertiary/aromatic N) is 2. The number of hydrogen-bond donors (Lipinski definition) is 0. The van der Waals surface area contributed by atoms with Crippen molar-refractivity contribution in [3.63, 3.8) is 0 Å². The van der Waals surface area contributed by atoms with Crippen molar-refractivity contribution in [2.75, 3.05) is 6.54 Å². The largest absolute Gasteiger partial charge is 0.285 e. The van der Waals surface area contributed by atoms with Gasteiger partial charge < -0.3 is 0 Å². The van der Waals surface area contributed by atoms with Crippen molar-refractivity contribution in [3.8, 4) is 6.07 Å². The summed E-state index contributed by atoms with van der Waals surface area (Å²) in [5.74, 6) is 0. The highest BCUT2D eigenvalue weighted by Crippen LogP contribution is 2.30. The van der Waals surface area contributed by atoms with Crippen molar-refractivity contribution < 1.29 is 0 Å². The first-order chi connectivity index (χ1) is 5.42. The van der Waals surface area contributed by atoms with Gasteiger partial charge in [-0.2, -0.15) is 5.26 Å². The molecular weight excluding hydrogens is 136 g/mol. The SMILES string of the molecule is N#CC1CCC2CCCCN12. The van der Waals surface area contributed by atoms with Gasteiger partial charge in [-0.1, -0.05) is 6.42 Å². The molecule has 2 atom stereocenters. The lowest BCUT2D eigenvalue weighted by molar-refractivity contribution is 0.173. The van der Waals surface area contributed by atoms with Gasteiger partial charge in [0, 0.05) is 6.04 Å². The van der Waals surface area contributed by atoms with E-state index in [1.54, 1.807) is 0 Å². The summed E-state index contributed by atoms with van der Waals surface area (Å²) in [4.78, 5) is 2.41. The van der Waals surface area contributed by atoms with E-state index in [-0.39, 0.29) is 6.04 Å². The number of piperidine rings is 1. The summed E-state index contributed by atoms with van der Waals surface area (Å²) in [5, 5.41) is 8.81. The van der Waals surface area contributed by atoms with Gasteiger partial charge in [0.15, 0.2) is 0 Å². The van der Waals surface area contributed by atoms with Crippen LogP contribution in [0.4, 0.5) is 0 Å². The molecule has 11 heavy (non-hydrogen) atoms. The minimum absolute atomic E-state index is 0.250. The van der Waals surface area contributed by atoms with Gasteiger partial charge in [-0.15, -0.1) is 0 Å². The van der Waals surface area contributed by atoms with Crippen molar-refractivity contribution in [3.05, 3.63) is 0 Å². The predicted octanol–water partition coefficient (Wildman–Crippen LogP) is 1.53. The minimum Gasteiger partial charge on any atom is -0.285 e. The minimum atomic E-state index is 0.250. The quantitative estimate of drug-likeness (QED) is 0.523. The van der Waals surface area contributed by atoms with Crippen LogP contribution in [0.3, 0.4) is 0 Å². The molecule has 2 unspecified atom stereocenters. The van der Waals surface area contributed by atoms with Gasteiger partial charge in [0.05, 0.1) is 12.1 Å². The van der Waals surface area contributed by atoms with Gasteiger partial charge in [-0.25, -0.2) is 0 Å². The number of hydrogen-bond acceptors (Lipinski definition) is 2. The molecule has 0 aromatic heterocycles. The average Bonchev–Trinajstić information content (AvgIpc) is 2.47. The second-order valence-electron chi connectivity index (χ2n) is 3.61. The third kappa shape index (κ3) is 1.14. The van der Waals surface area contributed by atoms with E-state index in [2.05, 4.69) is 11.0 Å². The van der Waals surface area contributed by atoms with E-state index in [0.29, 0.717) is 0 Å². The predicted molar refractivity (Wildman–Crippen MR) is 43.0 cm³/mol. The molecule has 0 saturated carbocycles. The molecule has 2 aliphatic rings. The molecule has 0 aromatic carbocycles. The molecule has 0 spiro atoms. The summed E-state index contributed by atoms with van der Waals surface area (Å²) >= 11 is 0. The van der Waals surface area contributed by atoms with Crippen molar-refractivity contribution in [2.45, 2.75) is 44.2 Å². The Bertz CT molecular complexity index is 182. The summed E-state index contributed by atoms with van der Waals surface area (Å²) in [5.41, 5.74) is 0. The Kier molecular flexibility index (Phi) is 1.83. The summed E-state index contributed by atoms with van der Waals surface area (Å²) in [7, 11) is 0. The number of nitriles is 1. The molecule has 0 aromatic rings. The van der Waals surface area contributed by atoms with E-state index in [0.717, 1.165) is 12.5 Å². The molecule has 0 bridgehead atoms. The van der Waals surface area contributed by atoms with Crippen LogP contribution in [-0.4, -0.2) is 23.5 Å². The van der Waals surface area contributed by atoms with Gasteiger partial charge in [0.25, 0.3) is 0 Å². The Labute approximate surface area is 67.8 Å². The maximum Gasteiger partial charge on any atom is 0.0980 e. The lowest BCUT2D eigenvalue weighted by Crippen LogP contribution is -2.38. The van der Waals surface area contributed by atoms with Gasteiger partial charge in [0.2, 0.25) is 0 Å². The van der Waals surface area contributed by atoms with Crippen molar-refractivity contribution >= 4 is 0 Å². The molecule has 2 rings (SSSR count). The van der Waals surface area contributed by atoms with Crippen LogP contribution in [0.25, 0.3) is 0 Å². The zero-order chi connectivity index (χ0) is 7.68. The first-order valence-electron chi connectivity index (χ1n) is 4.57. The van der Waals surface area contributed by atoms with Crippen LogP contribution in [0.5, 0.6) is 0 Å². The van der Waals surface area contributed by atoms with E-state index in [1.165, 1.54) is 32.2 Å². The molecule has 2 fully saturated rings. The first kappa shape index (κ1) is 7.12. The third-order valence-corrected chi connectivity index (χ3v) is 3.00. The van der Waals surface area contributed by atoms with E-state index < -0.39 is 0 Å². The highest BCUT2D eigenvalue weighted by Gasteiger charge is 2.34. The summed E-state index contributed by atoms with van der Waals surface area (Å²) in [6.07, 6.45) is 6.38. The number of rotatable bonds is 0. The van der Waals surface area contributed by atoms with Crippen molar-refractivity contribution in [2.24, 2.45) is 0 Å². The molecule has 0 radical (unpaired) electrons. The Morgan fingerprint density at radius 1 is 1.18 bits per heavy atom. The van der Waals surface area contributed by atoms with E-state index in [1.807, 2.05) is 0 Å². The van der Waals surface area contributed by atoms with Crippen LogP contribution in [0.15, 0.2) is 0 Å². The Hall–Kier alpha value is -0.550. The topological polar surface area (TPSA) is 27.0 Å². The molecule has 0 N–H and O–H groups in total. The van der Waals surface area contributed by atoms with Gasteiger partial charge >= 0.3 is 0 Å². The molecule has 2 aliphatic heterocycles. The third-order valence-electron chi connectivity index (χ3n) is 3.00. The zero-order valence-corrected chi connectivity index (χ0v) is 6.79. The summed E-state index contributed by atoms with van der Waals surface area (Å²) in [6.45, 7) is 1.17. The Morgan fingerprint density at radius 2 is 2.09 bits per heavy atom. The first-order valence-corrected chi connectivity index (χ1v) is 4.57. The molecule has 2 heterocycles. The lowest BCUT2D eigenvalue weighted by Gasteiger charge is -2.30. The fraction of sp³-hybridized carbons (Fsp3) is 0.889. The molecule has 2 nitrogen and oxygen atoms in total. The monoisotopic (exact) mass is 150 g/mol. The maximum atomic E-state index is 8.81. The Balaban J connectivity index is 2.05. The van der Waals surface area contributed by atoms with E-state index >= 15 is 0 Å². The van der Waals surface area contributed by atoms with Gasteiger partial charge in [-0.3, -0.25) is 4.90 Å². The maximum absolute atomic E-state index is 8.81. The zero-order valence-electron chi connectivity index (χ0n) is 6.79. The van der Waals surface area contributed by atoms with Crippen LogP contribution in [0.1, 0.15) is 32.1 Å². The molecular formula is C9H14N2. The molecule has 2 heteroatoms. The van der Waals surface area contributed by atoms with Gasteiger partial charge in [0.1, 0.15) is 0 Å². The molecule has 0 amide bonds. The molecule has 0 aliphatic carbocycles. The van der Waals surface area contributed by atoms with Crippen LogP contribution < -0.4 is 0 Å². The van der Waals surface area contributed by atoms with Crippen LogP contribution in [0.2, 0.25) is 0 Å². The number of fused-ring (bicyclic) bond motifs is 1. The van der Waals surface area contributed by atoms with E-state index in [9.17, 15) is 0 Å². The highest BCUT2D eigenvalue weighted by molar-refractivity contribution is 5.01. The second kappa shape index (κ2) is 2.83. The molecule has 60 valence electrons. The fourth-order valence-corrected chi connectivity index (χ4v) is 2.40. The second-order valence-corrected chi connectivity index (χ2v) is 3.61. The fourth-order valence-electron chi connectivity index (χ4n) is 2.40. The Morgan fingerprint density at radius 3 is 2.91 bits per heavy atom. The normalized spacial score (nSPS) is 38.1. The lowest BCUT2D eigenvalue weighted by atomic mass is 10.0. The van der Waals surface area contributed by atoms with Crippen molar-refractivity contribution in [1.82, 2.24) is 4.90 Å². The smallest absolute Gasteiger partial charge is 0.0980 e.